The predicted octanol–water partition coefficient (Wildman–Crippen LogP) is 3.48. The molecule has 0 aromatic carbocycles. The van der Waals surface area contributed by atoms with Gasteiger partial charge in [0.15, 0.2) is 0 Å². The van der Waals surface area contributed by atoms with E-state index in [-0.39, 0.29) is 11.6 Å². The molecule has 1 atom stereocenters. The van der Waals surface area contributed by atoms with E-state index in [0.29, 0.717) is 37.8 Å². The van der Waals surface area contributed by atoms with Crippen LogP contribution in [0.1, 0.15) is 56.7 Å². The van der Waals surface area contributed by atoms with Crippen molar-refractivity contribution < 1.29 is 9.72 Å². The van der Waals surface area contributed by atoms with Crippen LogP contribution in [0.4, 0.5) is 5.69 Å². The number of aromatic nitrogens is 1. The van der Waals surface area contributed by atoms with E-state index in [1.807, 2.05) is 4.90 Å². The molecule has 1 aliphatic carbocycles. The van der Waals surface area contributed by atoms with Gasteiger partial charge in [-0.15, -0.1) is 0 Å². The van der Waals surface area contributed by atoms with Gasteiger partial charge in [-0.25, -0.2) is 0 Å². The van der Waals surface area contributed by atoms with Gasteiger partial charge in [-0.1, -0.05) is 39.0 Å². The van der Waals surface area contributed by atoms with Gasteiger partial charge in [-0.3, -0.25) is 19.9 Å². The lowest BCUT2D eigenvalue weighted by atomic mass is 9.79. The van der Waals surface area contributed by atoms with Gasteiger partial charge in [0.1, 0.15) is 6.20 Å². The maximum Gasteiger partial charge on any atom is 0.287 e. The molecule has 6 heteroatoms. The summed E-state index contributed by atoms with van der Waals surface area (Å²) in [6, 6.07) is 1.56. The van der Waals surface area contributed by atoms with E-state index in [4.69, 9.17) is 0 Å². The molecule has 2 aliphatic rings. The first-order valence-corrected chi connectivity index (χ1v) is 8.94. The molecule has 1 aromatic rings. The van der Waals surface area contributed by atoms with E-state index in [1.54, 1.807) is 6.07 Å². The fraction of sp³-hybridized carbons (Fsp3) is 0.667. The first-order chi connectivity index (χ1) is 11.5. The zero-order chi connectivity index (χ0) is 17.1. The fourth-order valence-electron chi connectivity index (χ4n) is 4.00. The molecule has 2 heterocycles. The molecule has 0 spiro atoms. The second-order valence-electron chi connectivity index (χ2n) is 7.20. The number of rotatable bonds is 4. The lowest BCUT2D eigenvalue weighted by Gasteiger charge is -2.32. The van der Waals surface area contributed by atoms with Crippen molar-refractivity contribution in [2.24, 2.45) is 11.8 Å². The minimum Gasteiger partial charge on any atom is -0.338 e. The van der Waals surface area contributed by atoms with Crippen molar-refractivity contribution in [3.63, 3.8) is 0 Å². The van der Waals surface area contributed by atoms with E-state index in [1.165, 1.54) is 38.3 Å². The molecule has 3 rings (SSSR count). The lowest BCUT2D eigenvalue weighted by molar-refractivity contribution is -0.385. The zero-order valence-electron chi connectivity index (χ0n) is 14.2. The number of nitrogens with zero attached hydrogens (tertiary/aromatic N) is 3. The Labute approximate surface area is 142 Å². The van der Waals surface area contributed by atoms with Crippen LogP contribution in [0.25, 0.3) is 0 Å². The molecular formula is C18H25N3O3. The lowest BCUT2D eigenvalue weighted by Crippen LogP contribution is -2.37. The Hall–Kier alpha value is -1.98. The van der Waals surface area contributed by atoms with Gasteiger partial charge in [-0.2, -0.15) is 0 Å². The van der Waals surface area contributed by atoms with E-state index in [0.717, 1.165) is 11.3 Å². The topological polar surface area (TPSA) is 76.3 Å². The summed E-state index contributed by atoms with van der Waals surface area (Å²) in [6.45, 7) is 3.30. The van der Waals surface area contributed by atoms with E-state index in [9.17, 15) is 14.9 Å². The Bertz CT molecular complexity index is 626. The van der Waals surface area contributed by atoms with Crippen LogP contribution >= 0.6 is 0 Å². The number of carbonyl (C=O) groups excluding carboxylic acids is 1. The van der Waals surface area contributed by atoms with Crippen LogP contribution in [0.5, 0.6) is 0 Å². The number of pyridine rings is 1. The Balaban J connectivity index is 1.62. The predicted molar refractivity (Wildman–Crippen MR) is 90.4 cm³/mol. The Morgan fingerprint density at radius 1 is 1.42 bits per heavy atom. The van der Waals surface area contributed by atoms with Crippen LogP contribution in [-0.4, -0.2) is 27.3 Å². The standard InChI is InChI=1S/C18H25N3O3/c1-13(14-5-3-2-4-6-14)9-18(22)20-8-7-17-15(12-20)10-16(11-19-17)21(23)24/h10-11,13-14H,2-9,12H2,1H3/t13-/m1/s1. The van der Waals surface area contributed by atoms with Crippen molar-refractivity contribution in [3.8, 4) is 0 Å². The first kappa shape index (κ1) is 16.9. The molecule has 6 nitrogen and oxygen atoms in total. The molecule has 1 saturated carbocycles. The summed E-state index contributed by atoms with van der Waals surface area (Å²) in [5.74, 6) is 1.26. The number of carbonyl (C=O) groups is 1. The molecule has 0 bridgehead atoms. The molecule has 24 heavy (non-hydrogen) atoms. The van der Waals surface area contributed by atoms with Gasteiger partial charge in [0.2, 0.25) is 5.91 Å². The van der Waals surface area contributed by atoms with Crippen molar-refractivity contribution in [3.05, 3.63) is 33.6 Å². The minimum absolute atomic E-state index is 0.00128. The summed E-state index contributed by atoms with van der Waals surface area (Å²) >= 11 is 0. The van der Waals surface area contributed by atoms with Crippen LogP contribution in [0.15, 0.2) is 12.3 Å². The van der Waals surface area contributed by atoms with Crippen LogP contribution in [0.3, 0.4) is 0 Å². The summed E-state index contributed by atoms with van der Waals surface area (Å²) in [5, 5.41) is 10.9. The van der Waals surface area contributed by atoms with Crippen LogP contribution < -0.4 is 0 Å². The third-order valence-electron chi connectivity index (χ3n) is 5.54. The number of hydrogen-bond acceptors (Lipinski definition) is 4. The Morgan fingerprint density at radius 3 is 2.88 bits per heavy atom. The monoisotopic (exact) mass is 331 g/mol. The first-order valence-electron chi connectivity index (χ1n) is 8.94. The Morgan fingerprint density at radius 2 is 2.17 bits per heavy atom. The molecule has 1 amide bonds. The summed E-state index contributed by atoms with van der Waals surface area (Å²) in [6.07, 6.45) is 8.96. The second kappa shape index (κ2) is 7.28. The molecule has 1 aromatic heterocycles. The van der Waals surface area contributed by atoms with Crippen molar-refractivity contribution in [1.82, 2.24) is 9.88 Å². The van der Waals surface area contributed by atoms with E-state index in [2.05, 4.69) is 11.9 Å². The van der Waals surface area contributed by atoms with Crippen LogP contribution in [0.2, 0.25) is 0 Å². The third-order valence-corrected chi connectivity index (χ3v) is 5.54. The van der Waals surface area contributed by atoms with E-state index >= 15 is 0 Å². The largest absolute Gasteiger partial charge is 0.338 e. The average Bonchev–Trinajstić information content (AvgIpc) is 2.61. The van der Waals surface area contributed by atoms with Crippen LogP contribution in [-0.2, 0) is 17.8 Å². The molecule has 130 valence electrons. The highest BCUT2D eigenvalue weighted by Crippen LogP contribution is 2.32. The minimum atomic E-state index is -0.431. The molecular weight excluding hydrogens is 306 g/mol. The van der Waals surface area contributed by atoms with Crippen molar-refractivity contribution in [1.29, 1.82) is 0 Å². The highest BCUT2D eigenvalue weighted by molar-refractivity contribution is 5.76. The van der Waals surface area contributed by atoms with Crippen molar-refractivity contribution in [2.45, 2.75) is 58.4 Å². The van der Waals surface area contributed by atoms with Crippen molar-refractivity contribution in [2.75, 3.05) is 6.54 Å². The summed E-state index contributed by atoms with van der Waals surface area (Å²) < 4.78 is 0. The number of hydrogen-bond donors (Lipinski definition) is 0. The fourth-order valence-corrected chi connectivity index (χ4v) is 4.00. The third kappa shape index (κ3) is 3.74. The normalized spacial score (nSPS) is 19.6. The quantitative estimate of drug-likeness (QED) is 0.625. The molecule has 1 aliphatic heterocycles. The highest BCUT2D eigenvalue weighted by atomic mass is 16.6. The number of amides is 1. The second-order valence-corrected chi connectivity index (χ2v) is 7.20. The van der Waals surface area contributed by atoms with Crippen molar-refractivity contribution >= 4 is 11.6 Å². The maximum atomic E-state index is 12.7. The molecule has 0 radical (unpaired) electrons. The molecule has 0 saturated heterocycles. The Kier molecular flexibility index (Phi) is 5.11. The van der Waals surface area contributed by atoms with Gasteiger partial charge in [-0.05, 0) is 17.4 Å². The SMILES string of the molecule is C[C@H](CC(=O)N1CCc2ncc([N+](=O)[O-])cc2C1)C1CCCCC1. The molecule has 0 unspecified atom stereocenters. The maximum absolute atomic E-state index is 12.7. The summed E-state index contributed by atoms with van der Waals surface area (Å²) in [7, 11) is 0. The average molecular weight is 331 g/mol. The number of nitro groups is 1. The number of fused-ring (bicyclic) bond motifs is 1. The smallest absolute Gasteiger partial charge is 0.287 e. The van der Waals surface area contributed by atoms with Gasteiger partial charge >= 0.3 is 0 Å². The highest BCUT2D eigenvalue weighted by Gasteiger charge is 2.27. The molecule has 0 N–H and O–H groups in total. The van der Waals surface area contributed by atoms with Gasteiger partial charge in [0, 0.05) is 37.7 Å². The zero-order valence-corrected chi connectivity index (χ0v) is 14.2. The van der Waals surface area contributed by atoms with Crippen LogP contribution in [0, 0.1) is 22.0 Å². The molecule has 1 fully saturated rings. The van der Waals surface area contributed by atoms with Gasteiger partial charge in [0.05, 0.1) is 4.92 Å². The summed E-state index contributed by atoms with van der Waals surface area (Å²) in [5.41, 5.74) is 1.69. The van der Waals surface area contributed by atoms with Gasteiger partial charge < -0.3 is 4.90 Å². The van der Waals surface area contributed by atoms with E-state index < -0.39 is 4.92 Å². The van der Waals surface area contributed by atoms with Gasteiger partial charge in [0.25, 0.3) is 5.69 Å². The summed E-state index contributed by atoms with van der Waals surface area (Å²) in [4.78, 5) is 29.2.